The molecule has 1 aromatic carbocycles. The summed E-state index contributed by atoms with van der Waals surface area (Å²) in [5.74, 6) is 0. The summed E-state index contributed by atoms with van der Waals surface area (Å²) in [6, 6.07) is 10.4. The van der Waals surface area contributed by atoms with E-state index >= 15 is 0 Å². The highest BCUT2D eigenvalue weighted by Crippen LogP contribution is 2.23. The highest BCUT2D eigenvalue weighted by molar-refractivity contribution is 7.09. The van der Waals surface area contributed by atoms with E-state index in [4.69, 9.17) is 5.26 Å². The van der Waals surface area contributed by atoms with Crippen LogP contribution in [0.3, 0.4) is 0 Å². The Labute approximate surface area is 117 Å². The number of nitrogens with one attached hydrogen (secondary N) is 1. The second kappa shape index (κ2) is 6.46. The van der Waals surface area contributed by atoms with E-state index in [-0.39, 0.29) is 12.1 Å². The Morgan fingerprint density at radius 3 is 2.95 bits per heavy atom. The van der Waals surface area contributed by atoms with Crippen molar-refractivity contribution in [2.75, 3.05) is 0 Å². The lowest BCUT2D eigenvalue weighted by atomic mass is 10.0. The minimum Gasteiger partial charge on any atom is -0.301 e. The summed E-state index contributed by atoms with van der Waals surface area (Å²) in [5, 5.41) is 15.6. The van der Waals surface area contributed by atoms with Crippen molar-refractivity contribution < 1.29 is 0 Å². The Morgan fingerprint density at radius 1 is 1.47 bits per heavy atom. The van der Waals surface area contributed by atoms with Crippen LogP contribution in [0.2, 0.25) is 0 Å². The number of benzene rings is 1. The maximum atomic E-state index is 8.94. The van der Waals surface area contributed by atoms with Gasteiger partial charge in [0.15, 0.2) is 0 Å². The van der Waals surface area contributed by atoms with Crippen LogP contribution in [0.25, 0.3) is 0 Å². The molecule has 98 valence electrons. The van der Waals surface area contributed by atoms with Crippen LogP contribution in [-0.4, -0.2) is 4.98 Å². The molecule has 4 heteroatoms. The zero-order valence-electron chi connectivity index (χ0n) is 11.1. The topological polar surface area (TPSA) is 48.7 Å². The van der Waals surface area contributed by atoms with E-state index in [1.54, 1.807) is 11.3 Å². The van der Waals surface area contributed by atoms with E-state index in [9.17, 15) is 0 Å². The summed E-state index contributed by atoms with van der Waals surface area (Å²) in [4.78, 5) is 4.37. The van der Waals surface area contributed by atoms with E-state index in [0.717, 1.165) is 17.0 Å². The number of thiazole rings is 1. The molecule has 0 radical (unpaired) electrons. The highest BCUT2D eigenvalue weighted by atomic mass is 32.1. The van der Waals surface area contributed by atoms with Gasteiger partial charge in [0, 0.05) is 17.6 Å². The number of hydrogen-bond donors (Lipinski definition) is 1. The molecule has 1 heterocycles. The molecule has 0 aliphatic heterocycles. The predicted octanol–water partition coefficient (Wildman–Crippen LogP) is 3.82. The second-order valence-corrected chi connectivity index (χ2v) is 5.38. The van der Waals surface area contributed by atoms with Crippen molar-refractivity contribution >= 4 is 11.3 Å². The molecule has 0 amide bonds. The fraction of sp³-hybridized carbons (Fsp3) is 0.333. The Morgan fingerprint density at radius 2 is 2.32 bits per heavy atom. The first kappa shape index (κ1) is 13.7. The van der Waals surface area contributed by atoms with Crippen molar-refractivity contribution in [3.63, 3.8) is 0 Å². The molecular weight excluding hydrogens is 254 g/mol. The lowest BCUT2D eigenvalue weighted by Crippen LogP contribution is -2.24. The third kappa shape index (κ3) is 3.40. The van der Waals surface area contributed by atoms with Crippen LogP contribution in [0.4, 0.5) is 0 Å². The van der Waals surface area contributed by atoms with Crippen molar-refractivity contribution in [2.24, 2.45) is 0 Å². The minimum absolute atomic E-state index is 0.196. The third-order valence-corrected chi connectivity index (χ3v) is 4.01. The van der Waals surface area contributed by atoms with Crippen molar-refractivity contribution in [3.8, 4) is 6.07 Å². The van der Waals surface area contributed by atoms with Gasteiger partial charge in [0.1, 0.15) is 5.01 Å². The summed E-state index contributed by atoms with van der Waals surface area (Å²) in [7, 11) is 0. The van der Waals surface area contributed by atoms with E-state index in [1.807, 2.05) is 35.8 Å². The fourth-order valence-electron chi connectivity index (χ4n) is 2.05. The Balaban J connectivity index is 2.11. The second-order valence-electron chi connectivity index (χ2n) is 4.46. The molecule has 19 heavy (non-hydrogen) atoms. The van der Waals surface area contributed by atoms with Gasteiger partial charge in [-0.05, 0) is 31.0 Å². The minimum atomic E-state index is 0.196. The molecule has 2 rings (SSSR count). The average Bonchev–Trinajstić information content (AvgIpc) is 2.98. The normalized spacial score (nSPS) is 13.7. The number of nitrogens with zero attached hydrogens (tertiary/aromatic N) is 2. The Bertz CT molecular complexity index is 557. The SMILES string of the molecule is CCC(NC(C)c1cccc(C#N)c1)c1nccs1. The molecule has 0 bridgehead atoms. The molecular formula is C15H17N3S. The lowest BCUT2D eigenvalue weighted by molar-refractivity contribution is 0.455. The molecule has 0 saturated carbocycles. The van der Waals surface area contributed by atoms with Crippen LogP contribution in [-0.2, 0) is 0 Å². The van der Waals surface area contributed by atoms with E-state index in [2.05, 4.69) is 30.2 Å². The monoisotopic (exact) mass is 271 g/mol. The van der Waals surface area contributed by atoms with Gasteiger partial charge >= 0.3 is 0 Å². The number of rotatable bonds is 5. The largest absolute Gasteiger partial charge is 0.301 e. The number of aromatic nitrogens is 1. The van der Waals surface area contributed by atoms with Crippen LogP contribution >= 0.6 is 11.3 Å². The molecule has 0 saturated heterocycles. The maximum absolute atomic E-state index is 8.94. The van der Waals surface area contributed by atoms with Crippen LogP contribution < -0.4 is 5.32 Å². The quantitative estimate of drug-likeness (QED) is 0.899. The molecule has 0 aliphatic rings. The van der Waals surface area contributed by atoms with Crippen LogP contribution in [0.1, 0.15) is 48.5 Å². The van der Waals surface area contributed by atoms with E-state index in [0.29, 0.717) is 5.56 Å². The first-order valence-electron chi connectivity index (χ1n) is 6.40. The van der Waals surface area contributed by atoms with Gasteiger partial charge in [0.25, 0.3) is 0 Å². The zero-order valence-corrected chi connectivity index (χ0v) is 11.9. The molecule has 2 aromatic rings. The third-order valence-electron chi connectivity index (χ3n) is 3.12. The summed E-state index contributed by atoms with van der Waals surface area (Å²) in [5.41, 5.74) is 1.84. The van der Waals surface area contributed by atoms with Crippen molar-refractivity contribution in [2.45, 2.75) is 32.4 Å². The average molecular weight is 271 g/mol. The van der Waals surface area contributed by atoms with Gasteiger partial charge in [-0.25, -0.2) is 4.98 Å². The molecule has 2 unspecified atom stereocenters. The summed E-state index contributed by atoms with van der Waals surface area (Å²) in [6.45, 7) is 4.27. The molecule has 0 fully saturated rings. The molecule has 1 aromatic heterocycles. The summed E-state index contributed by atoms with van der Waals surface area (Å²) < 4.78 is 0. The van der Waals surface area contributed by atoms with Crippen LogP contribution in [0.15, 0.2) is 35.8 Å². The van der Waals surface area contributed by atoms with Crippen LogP contribution in [0.5, 0.6) is 0 Å². The van der Waals surface area contributed by atoms with Gasteiger partial charge in [-0.15, -0.1) is 11.3 Å². The zero-order chi connectivity index (χ0) is 13.7. The Kier molecular flexibility index (Phi) is 4.67. The van der Waals surface area contributed by atoms with Crippen molar-refractivity contribution in [3.05, 3.63) is 52.0 Å². The molecule has 0 aliphatic carbocycles. The fourth-order valence-corrected chi connectivity index (χ4v) is 2.83. The van der Waals surface area contributed by atoms with E-state index in [1.165, 1.54) is 0 Å². The number of nitriles is 1. The first-order valence-corrected chi connectivity index (χ1v) is 7.28. The predicted molar refractivity (Wildman–Crippen MR) is 77.9 cm³/mol. The van der Waals surface area contributed by atoms with E-state index < -0.39 is 0 Å². The maximum Gasteiger partial charge on any atom is 0.109 e. The number of hydrogen-bond acceptors (Lipinski definition) is 4. The van der Waals surface area contributed by atoms with Gasteiger partial charge in [0.05, 0.1) is 17.7 Å². The lowest BCUT2D eigenvalue weighted by Gasteiger charge is -2.21. The standard InChI is InChI=1S/C15H17N3S/c1-3-14(15-17-7-8-19-15)18-11(2)13-6-4-5-12(9-13)10-16/h4-9,11,14,18H,3H2,1-2H3. The van der Waals surface area contributed by atoms with Crippen molar-refractivity contribution in [1.29, 1.82) is 5.26 Å². The molecule has 3 nitrogen and oxygen atoms in total. The first-order chi connectivity index (χ1) is 9.24. The van der Waals surface area contributed by atoms with Crippen LogP contribution in [0, 0.1) is 11.3 Å². The molecule has 2 atom stereocenters. The summed E-state index contributed by atoms with van der Waals surface area (Å²) in [6.07, 6.45) is 2.83. The van der Waals surface area contributed by atoms with Gasteiger partial charge in [-0.3, -0.25) is 0 Å². The van der Waals surface area contributed by atoms with Gasteiger partial charge < -0.3 is 5.32 Å². The van der Waals surface area contributed by atoms with Gasteiger partial charge in [-0.2, -0.15) is 5.26 Å². The smallest absolute Gasteiger partial charge is 0.109 e. The van der Waals surface area contributed by atoms with Crippen molar-refractivity contribution in [1.82, 2.24) is 10.3 Å². The molecule has 0 spiro atoms. The van der Waals surface area contributed by atoms with Gasteiger partial charge in [0.2, 0.25) is 0 Å². The highest BCUT2D eigenvalue weighted by Gasteiger charge is 2.15. The van der Waals surface area contributed by atoms with Gasteiger partial charge in [-0.1, -0.05) is 19.1 Å². The summed E-state index contributed by atoms with van der Waals surface area (Å²) >= 11 is 1.67. The Hall–Kier alpha value is -1.70. The molecule has 1 N–H and O–H groups in total.